The second-order valence-electron chi connectivity index (χ2n) is 6.49. The Morgan fingerprint density at radius 2 is 2.12 bits per heavy atom. The highest BCUT2D eigenvalue weighted by atomic mass is 16.5. The number of benzene rings is 1. The van der Waals surface area contributed by atoms with Crippen LogP contribution in [0.15, 0.2) is 36.7 Å². The van der Waals surface area contributed by atoms with Crippen molar-refractivity contribution in [2.45, 2.75) is 38.1 Å². The standard InChI is InChI=1S/C18H22N6O2/c1-11(12-5-3-2-4-6-12)22-18-23-15-16(19)20-10-21-17(15)24(18)14-8-7-13(9-25)26-14/h2-6,10-11,13-14,25H,7-9H2,1H3,(H,22,23)(H2,19,20,21). The van der Waals surface area contributed by atoms with Gasteiger partial charge in [-0.25, -0.2) is 15.0 Å². The van der Waals surface area contributed by atoms with Crippen molar-refractivity contribution in [1.82, 2.24) is 19.5 Å². The maximum atomic E-state index is 9.39. The third-order valence-corrected chi connectivity index (χ3v) is 4.73. The van der Waals surface area contributed by atoms with Gasteiger partial charge < -0.3 is 20.9 Å². The molecule has 8 nitrogen and oxygen atoms in total. The summed E-state index contributed by atoms with van der Waals surface area (Å²) in [5, 5.41) is 12.8. The van der Waals surface area contributed by atoms with Gasteiger partial charge in [0, 0.05) is 0 Å². The van der Waals surface area contributed by atoms with Gasteiger partial charge in [-0.3, -0.25) is 4.57 Å². The van der Waals surface area contributed by atoms with Crippen molar-refractivity contribution in [2.24, 2.45) is 0 Å². The van der Waals surface area contributed by atoms with Gasteiger partial charge in [0.25, 0.3) is 0 Å². The van der Waals surface area contributed by atoms with Gasteiger partial charge in [0.2, 0.25) is 5.95 Å². The Morgan fingerprint density at radius 1 is 1.31 bits per heavy atom. The van der Waals surface area contributed by atoms with E-state index in [-0.39, 0.29) is 25.0 Å². The molecule has 136 valence electrons. The molecule has 0 saturated carbocycles. The van der Waals surface area contributed by atoms with Gasteiger partial charge in [-0.15, -0.1) is 0 Å². The zero-order chi connectivity index (χ0) is 18.1. The predicted molar refractivity (Wildman–Crippen MR) is 98.4 cm³/mol. The largest absolute Gasteiger partial charge is 0.394 e. The van der Waals surface area contributed by atoms with Crippen LogP contribution in [-0.2, 0) is 4.74 Å². The number of nitrogens with two attached hydrogens (primary N) is 1. The Hall–Kier alpha value is -2.71. The Balaban J connectivity index is 1.73. The molecule has 0 spiro atoms. The number of nitrogens with one attached hydrogen (secondary N) is 1. The zero-order valence-corrected chi connectivity index (χ0v) is 14.5. The van der Waals surface area contributed by atoms with E-state index >= 15 is 0 Å². The molecule has 1 aliphatic heterocycles. The van der Waals surface area contributed by atoms with Crippen LogP contribution in [0, 0.1) is 0 Å². The number of hydrogen-bond acceptors (Lipinski definition) is 7. The van der Waals surface area contributed by atoms with Crippen LogP contribution in [0.2, 0.25) is 0 Å². The third-order valence-electron chi connectivity index (χ3n) is 4.73. The van der Waals surface area contributed by atoms with Gasteiger partial charge in [-0.2, -0.15) is 0 Å². The molecule has 1 aliphatic rings. The molecule has 0 amide bonds. The van der Waals surface area contributed by atoms with Crippen LogP contribution >= 0.6 is 0 Å². The van der Waals surface area contributed by atoms with Crippen LogP contribution in [0.25, 0.3) is 11.2 Å². The lowest BCUT2D eigenvalue weighted by molar-refractivity contribution is -0.0198. The number of imidazole rings is 1. The molecule has 0 aliphatic carbocycles. The molecule has 0 bridgehead atoms. The number of nitrogen functional groups attached to an aromatic ring is 1. The second kappa shape index (κ2) is 6.89. The lowest BCUT2D eigenvalue weighted by atomic mass is 10.1. The highest BCUT2D eigenvalue weighted by Crippen LogP contribution is 2.35. The number of aliphatic hydroxyl groups excluding tert-OH is 1. The fourth-order valence-corrected chi connectivity index (χ4v) is 3.33. The molecule has 1 fully saturated rings. The van der Waals surface area contributed by atoms with Gasteiger partial charge in [-0.1, -0.05) is 30.3 Å². The Labute approximate surface area is 151 Å². The van der Waals surface area contributed by atoms with E-state index in [9.17, 15) is 5.11 Å². The maximum Gasteiger partial charge on any atom is 0.207 e. The average Bonchev–Trinajstić information content (AvgIpc) is 3.27. The minimum absolute atomic E-state index is 0.00341. The van der Waals surface area contributed by atoms with Crippen molar-refractivity contribution < 1.29 is 9.84 Å². The molecule has 2 aromatic heterocycles. The average molecular weight is 354 g/mol. The number of aliphatic hydroxyl groups is 1. The van der Waals surface area contributed by atoms with E-state index in [1.54, 1.807) is 0 Å². The molecule has 4 N–H and O–H groups in total. The lowest BCUT2D eigenvalue weighted by Gasteiger charge is -2.20. The lowest BCUT2D eigenvalue weighted by Crippen LogP contribution is -2.18. The number of fused-ring (bicyclic) bond motifs is 1. The van der Waals surface area contributed by atoms with Crippen molar-refractivity contribution >= 4 is 22.9 Å². The van der Waals surface area contributed by atoms with Crippen LogP contribution in [0.3, 0.4) is 0 Å². The summed E-state index contributed by atoms with van der Waals surface area (Å²) >= 11 is 0. The summed E-state index contributed by atoms with van der Waals surface area (Å²) in [6.07, 6.45) is 2.57. The van der Waals surface area contributed by atoms with Crippen molar-refractivity contribution in [2.75, 3.05) is 17.7 Å². The Morgan fingerprint density at radius 3 is 2.85 bits per heavy atom. The van der Waals surface area contributed by atoms with Gasteiger partial charge in [-0.05, 0) is 25.3 Å². The number of nitrogens with zero attached hydrogens (tertiary/aromatic N) is 4. The molecule has 3 aromatic rings. The summed E-state index contributed by atoms with van der Waals surface area (Å²) in [5.74, 6) is 0.966. The van der Waals surface area contributed by atoms with Crippen molar-refractivity contribution in [3.63, 3.8) is 0 Å². The van der Waals surface area contributed by atoms with Gasteiger partial charge in [0.1, 0.15) is 12.6 Å². The summed E-state index contributed by atoms with van der Waals surface area (Å²) in [4.78, 5) is 13.0. The minimum atomic E-state index is -0.253. The molecule has 3 atom stereocenters. The van der Waals surface area contributed by atoms with Crippen molar-refractivity contribution in [3.8, 4) is 0 Å². The fraction of sp³-hybridized carbons (Fsp3) is 0.389. The summed E-state index contributed by atoms with van der Waals surface area (Å²) in [7, 11) is 0. The van der Waals surface area contributed by atoms with Gasteiger partial charge in [0.15, 0.2) is 17.0 Å². The molecule has 1 saturated heterocycles. The summed E-state index contributed by atoms with van der Waals surface area (Å²) < 4.78 is 7.88. The van der Waals surface area contributed by atoms with Crippen LogP contribution in [0.5, 0.6) is 0 Å². The first-order valence-corrected chi connectivity index (χ1v) is 8.73. The number of ether oxygens (including phenoxy) is 1. The predicted octanol–water partition coefficient (Wildman–Crippen LogP) is 2.25. The number of hydrogen-bond donors (Lipinski definition) is 3. The van der Waals surface area contributed by atoms with Crippen LogP contribution < -0.4 is 11.1 Å². The molecule has 1 aromatic carbocycles. The number of rotatable bonds is 5. The molecule has 4 rings (SSSR count). The quantitative estimate of drug-likeness (QED) is 0.644. The van der Waals surface area contributed by atoms with Crippen molar-refractivity contribution in [3.05, 3.63) is 42.2 Å². The van der Waals surface area contributed by atoms with E-state index < -0.39 is 0 Å². The second-order valence-corrected chi connectivity index (χ2v) is 6.49. The Kier molecular flexibility index (Phi) is 4.44. The fourth-order valence-electron chi connectivity index (χ4n) is 3.33. The zero-order valence-electron chi connectivity index (χ0n) is 14.5. The van der Waals surface area contributed by atoms with Gasteiger partial charge in [0.05, 0.1) is 18.8 Å². The van der Waals surface area contributed by atoms with Crippen molar-refractivity contribution in [1.29, 1.82) is 0 Å². The van der Waals surface area contributed by atoms with E-state index in [0.717, 1.165) is 18.4 Å². The third kappa shape index (κ3) is 2.97. The highest BCUT2D eigenvalue weighted by Gasteiger charge is 2.30. The number of anilines is 2. The van der Waals surface area contributed by atoms with Gasteiger partial charge >= 0.3 is 0 Å². The minimum Gasteiger partial charge on any atom is -0.394 e. The van der Waals surface area contributed by atoms with Crippen LogP contribution in [-0.4, -0.2) is 37.3 Å². The van der Waals surface area contributed by atoms with E-state index in [1.807, 2.05) is 22.8 Å². The summed E-state index contributed by atoms with van der Waals surface area (Å²) in [6.45, 7) is 2.07. The van der Waals surface area contributed by atoms with Crippen LogP contribution in [0.1, 0.15) is 37.6 Å². The molecular formula is C18H22N6O2. The molecule has 0 radical (unpaired) electrons. The molecular weight excluding hydrogens is 332 g/mol. The Bertz CT molecular complexity index is 897. The van der Waals surface area contributed by atoms with E-state index in [1.165, 1.54) is 6.33 Å². The SMILES string of the molecule is CC(Nc1nc2c(N)ncnc2n1C1CCC(CO)O1)c1ccccc1. The topological polar surface area (TPSA) is 111 Å². The summed E-state index contributed by atoms with van der Waals surface area (Å²) in [6, 6.07) is 10.2. The molecule has 8 heteroatoms. The highest BCUT2D eigenvalue weighted by molar-refractivity contribution is 5.84. The maximum absolute atomic E-state index is 9.39. The monoisotopic (exact) mass is 354 g/mol. The summed E-state index contributed by atoms with van der Waals surface area (Å²) in [5.41, 5.74) is 8.32. The molecule has 26 heavy (non-hydrogen) atoms. The molecule has 3 heterocycles. The molecule has 3 unspecified atom stereocenters. The smallest absolute Gasteiger partial charge is 0.207 e. The first kappa shape index (κ1) is 16.7. The number of aromatic nitrogens is 4. The normalized spacial score (nSPS) is 21.2. The van der Waals surface area contributed by atoms with Crippen LogP contribution in [0.4, 0.5) is 11.8 Å². The van der Waals surface area contributed by atoms with E-state index in [2.05, 4.69) is 39.3 Å². The first-order chi connectivity index (χ1) is 12.7. The first-order valence-electron chi connectivity index (χ1n) is 8.73. The van der Waals surface area contributed by atoms with E-state index in [4.69, 9.17) is 10.5 Å². The van der Waals surface area contributed by atoms with E-state index in [0.29, 0.717) is 22.9 Å².